The lowest BCUT2D eigenvalue weighted by Crippen LogP contribution is -2.26. The average molecular weight is 220 g/mol. The highest BCUT2D eigenvalue weighted by Crippen LogP contribution is 2.17. The Labute approximate surface area is 78.1 Å². The lowest BCUT2D eigenvalue weighted by atomic mass is 10.2. The van der Waals surface area contributed by atoms with Crippen molar-refractivity contribution in [1.29, 1.82) is 0 Å². The molecule has 1 N–H and O–H groups in total. The monoisotopic (exact) mass is 219 g/mol. The summed E-state index contributed by atoms with van der Waals surface area (Å²) < 4.78 is 0. The van der Waals surface area contributed by atoms with Crippen LogP contribution in [-0.2, 0) is 0 Å². The smallest absolute Gasteiger partial charge is 0.00670 e. The quantitative estimate of drug-likeness (QED) is 0.554. The summed E-state index contributed by atoms with van der Waals surface area (Å²) in [6, 6.07) is 0.852. The van der Waals surface area contributed by atoms with Crippen LogP contribution in [0.4, 0.5) is 0 Å². The third-order valence-electron chi connectivity index (χ3n) is 2.35. The van der Waals surface area contributed by atoms with Gasteiger partial charge in [-0.3, -0.25) is 0 Å². The maximum Gasteiger partial charge on any atom is 0.00670 e. The van der Waals surface area contributed by atoms with Crippen molar-refractivity contribution >= 4 is 15.9 Å². The first kappa shape index (κ1) is 9.53. The van der Waals surface area contributed by atoms with E-state index in [9.17, 15) is 0 Å². The van der Waals surface area contributed by atoms with Gasteiger partial charge in [-0.2, -0.15) is 0 Å². The normalized spacial score (nSPS) is 19.4. The number of hydrogen-bond donors (Lipinski definition) is 1. The van der Waals surface area contributed by atoms with Crippen molar-refractivity contribution in [3.63, 3.8) is 0 Å². The molecular weight excluding hydrogens is 202 g/mol. The van der Waals surface area contributed by atoms with Gasteiger partial charge in [0.05, 0.1) is 0 Å². The van der Waals surface area contributed by atoms with Crippen LogP contribution in [-0.4, -0.2) is 17.9 Å². The Kier molecular flexibility index (Phi) is 5.21. The van der Waals surface area contributed by atoms with Crippen LogP contribution in [0.5, 0.6) is 0 Å². The molecule has 0 aliphatic heterocycles. The molecule has 0 saturated heterocycles. The van der Waals surface area contributed by atoms with E-state index in [0.717, 1.165) is 11.4 Å². The van der Waals surface area contributed by atoms with Crippen molar-refractivity contribution in [2.24, 2.45) is 0 Å². The number of rotatable bonds is 5. The Morgan fingerprint density at radius 1 is 1.18 bits per heavy atom. The fourth-order valence-electron chi connectivity index (χ4n) is 1.66. The molecule has 0 aromatic heterocycles. The summed E-state index contributed by atoms with van der Waals surface area (Å²) in [4.78, 5) is 0. The van der Waals surface area contributed by atoms with E-state index in [-0.39, 0.29) is 0 Å². The molecule has 0 spiro atoms. The van der Waals surface area contributed by atoms with E-state index < -0.39 is 0 Å². The lowest BCUT2D eigenvalue weighted by Gasteiger charge is -2.10. The highest BCUT2D eigenvalue weighted by molar-refractivity contribution is 9.09. The van der Waals surface area contributed by atoms with Gasteiger partial charge in [0.1, 0.15) is 0 Å². The molecule has 0 atom stereocenters. The predicted octanol–water partition coefficient (Wildman–Crippen LogP) is 2.69. The third kappa shape index (κ3) is 4.12. The van der Waals surface area contributed by atoms with Gasteiger partial charge in [0.15, 0.2) is 0 Å². The Morgan fingerprint density at radius 3 is 2.55 bits per heavy atom. The van der Waals surface area contributed by atoms with Gasteiger partial charge in [-0.15, -0.1) is 0 Å². The van der Waals surface area contributed by atoms with Crippen LogP contribution in [0, 0.1) is 0 Å². The molecule has 2 heteroatoms. The molecule has 0 amide bonds. The highest BCUT2D eigenvalue weighted by Gasteiger charge is 2.12. The molecule has 1 aliphatic rings. The second-order valence-corrected chi connectivity index (χ2v) is 4.12. The molecule has 0 heterocycles. The summed E-state index contributed by atoms with van der Waals surface area (Å²) in [5.74, 6) is 0. The zero-order valence-corrected chi connectivity index (χ0v) is 8.70. The maximum absolute atomic E-state index is 3.60. The average Bonchev–Trinajstić information content (AvgIpc) is 2.50. The van der Waals surface area contributed by atoms with Crippen LogP contribution in [0.25, 0.3) is 0 Å². The lowest BCUT2D eigenvalue weighted by molar-refractivity contribution is 0.514. The zero-order valence-electron chi connectivity index (χ0n) is 7.11. The second-order valence-electron chi connectivity index (χ2n) is 3.33. The zero-order chi connectivity index (χ0) is 7.94. The van der Waals surface area contributed by atoms with E-state index >= 15 is 0 Å². The number of nitrogens with one attached hydrogen (secondary N) is 1. The molecule has 0 unspecified atom stereocenters. The van der Waals surface area contributed by atoms with E-state index in [2.05, 4.69) is 21.2 Å². The fourth-order valence-corrected chi connectivity index (χ4v) is 2.05. The van der Waals surface area contributed by atoms with Crippen molar-refractivity contribution < 1.29 is 0 Å². The van der Waals surface area contributed by atoms with Gasteiger partial charge in [-0.25, -0.2) is 0 Å². The fraction of sp³-hybridized carbons (Fsp3) is 1.00. The number of hydrogen-bond acceptors (Lipinski definition) is 1. The SMILES string of the molecule is BrCCCCNC1CCCC1. The Hall–Kier alpha value is 0.440. The standard InChI is InChI=1S/C9H18BrN/c10-7-3-4-8-11-9-5-1-2-6-9/h9,11H,1-8H2. The largest absolute Gasteiger partial charge is 0.314 e. The van der Waals surface area contributed by atoms with Crippen LogP contribution < -0.4 is 5.32 Å². The summed E-state index contributed by atoms with van der Waals surface area (Å²) in [6.07, 6.45) is 8.33. The Bertz CT molecular complexity index is 89.6. The molecular formula is C9H18BrN. The van der Waals surface area contributed by atoms with Crippen LogP contribution in [0.1, 0.15) is 38.5 Å². The molecule has 1 rings (SSSR count). The molecule has 1 fully saturated rings. The van der Waals surface area contributed by atoms with Gasteiger partial charge >= 0.3 is 0 Å². The number of halogens is 1. The van der Waals surface area contributed by atoms with E-state index in [4.69, 9.17) is 0 Å². The maximum atomic E-state index is 3.60. The van der Waals surface area contributed by atoms with E-state index in [1.807, 2.05) is 0 Å². The first-order chi connectivity index (χ1) is 5.43. The van der Waals surface area contributed by atoms with E-state index in [1.165, 1.54) is 45.1 Å². The minimum atomic E-state index is 0.852. The van der Waals surface area contributed by atoms with Crippen LogP contribution in [0.15, 0.2) is 0 Å². The second kappa shape index (κ2) is 6.01. The van der Waals surface area contributed by atoms with Gasteiger partial charge in [-0.05, 0) is 32.2 Å². The first-order valence-electron chi connectivity index (χ1n) is 4.73. The topological polar surface area (TPSA) is 12.0 Å². The molecule has 1 saturated carbocycles. The third-order valence-corrected chi connectivity index (χ3v) is 2.91. The minimum absolute atomic E-state index is 0.852. The van der Waals surface area contributed by atoms with Crippen molar-refractivity contribution in [2.45, 2.75) is 44.6 Å². The molecule has 66 valence electrons. The number of unbranched alkanes of at least 4 members (excludes halogenated alkanes) is 1. The summed E-state index contributed by atoms with van der Waals surface area (Å²) in [6.45, 7) is 1.22. The summed E-state index contributed by atoms with van der Waals surface area (Å²) >= 11 is 3.44. The molecule has 0 radical (unpaired) electrons. The van der Waals surface area contributed by atoms with Gasteiger partial charge in [0, 0.05) is 11.4 Å². The molecule has 1 nitrogen and oxygen atoms in total. The molecule has 0 bridgehead atoms. The Morgan fingerprint density at radius 2 is 1.91 bits per heavy atom. The number of alkyl halides is 1. The van der Waals surface area contributed by atoms with Gasteiger partial charge in [0.2, 0.25) is 0 Å². The van der Waals surface area contributed by atoms with Crippen molar-refractivity contribution in [3.8, 4) is 0 Å². The van der Waals surface area contributed by atoms with Crippen LogP contribution >= 0.6 is 15.9 Å². The predicted molar refractivity (Wildman–Crippen MR) is 53.3 cm³/mol. The summed E-state index contributed by atoms with van der Waals surface area (Å²) in [5.41, 5.74) is 0. The summed E-state index contributed by atoms with van der Waals surface area (Å²) in [7, 11) is 0. The van der Waals surface area contributed by atoms with Crippen molar-refractivity contribution in [3.05, 3.63) is 0 Å². The first-order valence-corrected chi connectivity index (χ1v) is 5.85. The van der Waals surface area contributed by atoms with Crippen LogP contribution in [0.3, 0.4) is 0 Å². The molecule has 11 heavy (non-hydrogen) atoms. The van der Waals surface area contributed by atoms with Gasteiger partial charge in [0.25, 0.3) is 0 Å². The van der Waals surface area contributed by atoms with E-state index in [1.54, 1.807) is 0 Å². The molecule has 0 aromatic rings. The molecule has 1 aliphatic carbocycles. The molecule has 0 aromatic carbocycles. The summed E-state index contributed by atoms with van der Waals surface area (Å²) in [5, 5.41) is 4.75. The van der Waals surface area contributed by atoms with Gasteiger partial charge < -0.3 is 5.32 Å². The minimum Gasteiger partial charge on any atom is -0.314 e. The van der Waals surface area contributed by atoms with Crippen molar-refractivity contribution in [2.75, 3.05) is 11.9 Å². The highest BCUT2D eigenvalue weighted by atomic mass is 79.9. The van der Waals surface area contributed by atoms with Crippen LogP contribution in [0.2, 0.25) is 0 Å². The van der Waals surface area contributed by atoms with E-state index in [0.29, 0.717) is 0 Å². The van der Waals surface area contributed by atoms with Gasteiger partial charge in [-0.1, -0.05) is 28.8 Å². The Balaban J connectivity index is 1.86. The van der Waals surface area contributed by atoms with Crippen molar-refractivity contribution in [1.82, 2.24) is 5.32 Å².